The van der Waals surface area contributed by atoms with E-state index in [0.29, 0.717) is 37.8 Å². The standard InChI is InChI=1S/C33H33F3N4O6S2/c1-16-10-20(13-21(11-16)33(34,35)36)25-18(3)40(31(43)46-25)15-24-23(14-37-30(38-24)48(7,44)45)26-27(32(4,5)6)39-28(47-26)22-9-8-19(29(41)42)12-17(22)2/h8-14,18,25H,15H2,1-7H3,(H,41,42)/t18-,25-/m0/s1. The molecule has 1 N–H and O–H groups in total. The number of aryl methyl sites for hydroxylation is 2. The number of ether oxygens (including phenoxy) is 1. The number of aromatic carboxylic acids is 1. The number of halogens is 3. The summed E-state index contributed by atoms with van der Waals surface area (Å²) in [5.41, 5.74) is 1.87. The number of thiazole rings is 1. The van der Waals surface area contributed by atoms with Crippen LogP contribution >= 0.6 is 11.3 Å². The average Bonchev–Trinajstić information content (AvgIpc) is 3.53. The molecule has 0 bridgehead atoms. The molecule has 1 aliphatic heterocycles. The fraction of sp³-hybridized carbons (Fsp3) is 0.364. The van der Waals surface area contributed by atoms with E-state index in [1.807, 2.05) is 20.8 Å². The van der Waals surface area contributed by atoms with Crippen molar-refractivity contribution in [2.24, 2.45) is 0 Å². The highest BCUT2D eigenvalue weighted by molar-refractivity contribution is 7.90. The summed E-state index contributed by atoms with van der Waals surface area (Å²) in [6.45, 7) is 10.5. The van der Waals surface area contributed by atoms with E-state index in [2.05, 4.69) is 9.97 Å². The number of aromatic nitrogens is 3. The lowest BCUT2D eigenvalue weighted by Crippen LogP contribution is -2.32. The Morgan fingerprint density at radius 1 is 1.06 bits per heavy atom. The summed E-state index contributed by atoms with van der Waals surface area (Å²) in [5.74, 6) is -1.06. The zero-order valence-electron chi connectivity index (χ0n) is 27.1. The average molecular weight is 703 g/mol. The van der Waals surface area contributed by atoms with Crippen LogP contribution in [0.2, 0.25) is 0 Å². The molecule has 0 saturated carbocycles. The zero-order chi connectivity index (χ0) is 35.5. The number of amides is 1. The lowest BCUT2D eigenvalue weighted by Gasteiger charge is -2.23. The number of benzene rings is 2. The Bertz CT molecular complexity index is 2050. The van der Waals surface area contributed by atoms with E-state index in [1.165, 1.54) is 41.5 Å². The monoisotopic (exact) mass is 702 g/mol. The lowest BCUT2D eigenvalue weighted by molar-refractivity contribution is -0.137. The van der Waals surface area contributed by atoms with Gasteiger partial charge in [0.1, 0.15) is 11.1 Å². The van der Waals surface area contributed by atoms with E-state index in [1.54, 1.807) is 26.0 Å². The SMILES string of the molecule is Cc1cc([C@H]2OC(=O)N(Cc3nc(S(C)(=O)=O)ncc3-c3sc(-c4ccc(C(=O)O)cc4C)nc3C(C)(C)C)[C@H]2C)cc(C(F)(F)F)c1. The highest BCUT2D eigenvalue weighted by Gasteiger charge is 2.42. The number of carboxylic acids is 1. The fourth-order valence-corrected chi connectivity index (χ4v) is 7.43. The van der Waals surface area contributed by atoms with Gasteiger partial charge in [-0.2, -0.15) is 13.2 Å². The largest absolute Gasteiger partial charge is 0.478 e. The molecule has 0 radical (unpaired) electrons. The number of nitrogens with zero attached hydrogens (tertiary/aromatic N) is 4. The molecule has 48 heavy (non-hydrogen) atoms. The van der Waals surface area contributed by atoms with Crippen molar-refractivity contribution < 1.29 is 41.0 Å². The summed E-state index contributed by atoms with van der Waals surface area (Å²) in [6.07, 6.45) is -4.11. The highest BCUT2D eigenvalue weighted by atomic mass is 32.2. The van der Waals surface area contributed by atoms with Crippen molar-refractivity contribution in [1.29, 1.82) is 0 Å². The maximum Gasteiger partial charge on any atom is 0.416 e. The first kappa shape index (κ1) is 35.0. The van der Waals surface area contributed by atoms with Gasteiger partial charge in [-0.05, 0) is 56.2 Å². The maximum atomic E-state index is 13.6. The quantitative estimate of drug-likeness (QED) is 0.195. The Kier molecular flexibility index (Phi) is 8.93. The van der Waals surface area contributed by atoms with Crippen LogP contribution in [0.1, 0.15) is 77.8 Å². The van der Waals surface area contributed by atoms with E-state index in [-0.39, 0.29) is 23.4 Å². The van der Waals surface area contributed by atoms with Crippen molar-refractivity contribution in [2.75, 3.05) is 6.26 Å². The second-order valence-electron chi connectivity index (χ2n) is 12.9. The molecule has 4 aromatic rings. The Morgan fingerprint density at radius 2 is 1.75 bits per heavy atom. The smallest absolute Gasteiger partial charge is 0.416 e. The third kappa shape index (κ3) is 6.92. The second-order valence-corrected chi connectivity index (χ2v) is 15.8. The topological polar surface area (TPSA) is 140 Å². The molecule has 2 atom stereocenters. The van der Waals surface area contributed by atoms with Gasteiger partial charge in [0.25, 0.3) is 0 Å². The van der Waals surface area contributed by atoms with Gasteiger partial charge in [-0.1, -0.05) is 38.5 Å². The van der Waals surface area contributed by atoms with Crippen LogP contribution in [0, 0.1) is 13.8 Å². The molecule has 0 spiro atoms. The predicted molar refractivity (Wildman–Crippen MR) is 172 cm³/mol. The highest BCUT2D eigenvalue weighted by Crippen LogP contribution is 2.44. The number of alkyl halides is 3. The van der Waals surface area contributed by atoms with Gasteiger partial charge in [0.15, 0.2) is 0 Å². The number of cyclic esters (lactones) is 1. The van der Waals surface area contributed by atoms with Gasteiger partial charge >= 0.3 is 18.2 Å². The molecule has 5 rings (SSSR count). The normalized spacial score (nSPS) is 17.1. The summed E-state index contributed by atoms with van der Waals surface area (Å²) < 4.78 is 71.5. The number of carboxylic acid groups (broad SMARTS) is 1. The Hall–Kier alpha value is -4.37. The number of hydrogen-bond donors (Lipinski definition) is 1. The van der Waals surface area contributed by atoms with Gasteiger partial charge in [0.2, 0.25) is 15.0 Å². The minimum atomic E-state index is -4.60. The van der Waals surface area contributed by atoms with Crippen LogP contribution in [-0.2, 0) is 32.7 Å². The summed E-state index contributed by atoms with van der Waals surface area (Å²) in [6, 6.07) is 7.47. The molecule has 1 saturated heterocycles. The maximum absolute atomic E-state index is 13.6. The molecular formula is C33H33F3N4O6S2. The van der Waals surface area contributed by atoms with E-state index < -0.39 is 56.4 Å². The van der Waals surface area contributed by atoms with Gasteiger partial charge < -0.3 is 9.84 Å². The third-order valence-corrected chi connectivity index (χ3v) is 9.91. The second kappa shape index (κ2) is 12.3. The van der Waals surface area contributed by atoms with Crippen molar-refractivity contribution in [3.63, 3.8) is 0 Å². The van der Waals surface area contributed by atoms with Gasteiger partial charge in [-0.25, -0.2) is 33.0 Å². The molecule has 0 unspecified atom stereocenters. The Morgan fingerprint density at radius 3 is 2.33 bits per heavy atom. The van der Waals surface area contributed by atoms with Crippen LogP contribution in [0.4, 0.5) is 18.0 Å². The Balaban J connectivity index is 1.61. The lowest BCUT2D eigenvalue weighted by atomic mass is 9.89. The number of hydrogen-bond acceptors (Lipinski definition) is 9. The molecule has 2 aromatic carbocycles. The summed E-state index contributed by atoms with van der Waals surface area (Å²) in [4.78, 5) is 40.1. The molecule has 1 fully saturated rings. The number of sulfone groups is 1. The molecule has 1 amide bonds. The molecule has 0 aliphatic carbocycles. The van der Waals surface area contributed by atoms with Gasteiger partial charge in [-0.3, -0.25) is 4.90 Å². The van der Waals surface area contributed by atoms with Gasteiger partial charge in [0, 0.05) is 29.0 Å². The van der Waals surface area contributed by atoms with Gasteiger partial charge in [-0.15, -0.1) is 11.3 Å². The van der Waals surface area contributed by atoms with Crippen molar-refractivity contribution >= 4 is 33.2 Å². The van der Waals surface area contributed by atoms with Gasteiger partial charge in [0.05, 0.1) is 40.0 Å². The first-order valence-electron chi connectivity index (χ1n) is 14.7. The van der Waals surface area contributed by atoms with E-state index in [4.69, 9.17) is 9.72 Å². The summed E-state index contributed by atoms with van der Waals surface area (Å²) in [5, 5.41) is 9.54. The van der Waals surface area contributed by atoms with Crippen LogP contribution in [0.25, 0.3) is 21.0 Å². The van der Waals surface area contributed by atoms with Crippen LogP contribution < -0.4 is 0 Å². The molecular weight excluding hydrogens is 670 g/mol. The Labute approximate surface area is 279 Å². The third-order valence-electron chi connectivity index (χ3n) is 7.93. The molecule has 15 heteroatoms. The van der Waals surface area contributed by atoms with Crippen LogP contribution in [0.5, 0.6) is 0 Å². The van der Waals surface area contributed by atoms with E-state index in [0.717, 1.165) is 18.4 Å². The van der Waals surface area contributed by atoms with Crippen molar-refractivity contribution in [1.82, 2.24) is 19.9 Å². The summed E-state index contributed by atoms with van der Waals surface area (Å²) in [7, 11) is -3.88. The number of carbonyl (C=O) groups excluding carboxylic acids is 1. The zero-order valence-corrected chi connectivity index (χ0v) is 28.8. The predicted octanol–water partition coefficient (Wildman–Crippen LogP) is 7.38. The molecule has 2 aromatic heterocycles. The molecule has 3 heterocycles. The summed E-state index contributed by atoms with van der Waals surface area (Å²) >= 11 is 1.28. The molecule has 10 nitrogen and oxygen atoms in total. The van der Waals surface area contributed by atoms with E-state index in [9.17, 15) is 36.3 Å². The van der Waals surface area contributed by atoms with Crippen molar-refractivity contribution in [2.45, 2.75) is 77.0 Å². The minimum absolute atomic E-state index is 0.126. The molecule has 254 valence electrons. The number of carbonyl (C=O) groups is 2. The van der Waals surface area contributed by atoms with Crippen molar-refractivity contribution in [3.8, 4) is 21.0 Å². The van der Waals surface area contributed by atoms with Crippen molar-refractivity contribution in [3.05, 3.63) is 81.8 Å². The van der Waals surface area contributed by atoms with Crippen LogP contribution in [0.3, 0.4) is 0 Å². The van der Waals surface area contributed by atoms with Crippen LogP contribution in [-0.4, -0.2) is 57.7 Å². The number of rotatable bonds is 7. The minimum Gasteiger partial charge on any atom is -0.478 e. The first-order valence-corrected chi connectivity index (χ1v) is 17.4. The molecule has 1 aliphatic rings. The first-order chi connectivity index (χ1) is 22.1. The van der Waals surface area contributed by atoms with Crippen LogP contribution in [0.15, 0.2) is 47.8 Å². The van der Waals surface area contributed by atoms with E-state index >= 15 is 0 Å². The fourth-order valence-electron chi connectivity index (χ4n) is 5.51.